The van der Waals surface area contributed by atoms with E-state index in [4.69, 9.17) is 5.73 Å². The fourth-order valence-electron chi connectivity index (χ4n) is 3.05. The number of aromatic nitrogens is 3. The van der Waals surface area contributed by atoms with Crippen LogP contribution in [0.3, 0.4) is 0 Å². The van der Waals surface area contributed by atoms with Gasteiger partial charge in [-0.3, -0.25) is 9.58 Å². The Bertz CT molecular complexity index is 577. The molecule has 2 aromatic rings. The van der Waals surface area contributed by atoms with E-state index in [1.54, 1.807) is 6.20 Å². The van der Waals surface area contributed by atoms with Crippen LogP contribution in [0.2, 0.25) is 0 Å². The quantitative estimate of drug-likeness (QED) is 0.929. The topological polar surface area (TPSA) is 60.0 Å². The van der Waals surface area contributed by atoms with Gasteiger partial charge < -0.3 is 5.73 Å². The summed E-state index contributed by atoms with van der Waals surface area (Å²) in [5.74, 6) is 0.594. The van der Waals surface area contributed by atoms with Crippen LogP contribution in [-0.4, -0.2) is 26.2 Å². The molecule has 3 rings (SSSR count). The minimum absolute atomic E-state index is 0.450. The van der Waals surface area contributed by atoms with Gasteiger partial charge in [0.15, 0.2) is 0 Å². The lowest BCUT2D eigenvalue weighted by atomic mass is 9.98. The van der Waals surface area contributed by atoms with Gasteiger partial charge in [-0.25, -0.2) is 4.98 Å². The van der Waals surface area contributed by atoms with E-state index in [9.17, 15) is 0 Å². The summed E-state index contributed by atoms with van der Waals surface area (Å²) in [5, 5.41) is 4.31. The standard InChI is InChI=1S/C15H21N5/c1-19-13(6-8-18-19)14-4-2-3-9-20(14)11-12-5-7-17-15(16)10-12/h5-8,10,14H,2-4,9,11H2,1H3,(H2,16,17). The van der Waals surface area contributed by atoms with Crippen LogP contribution in [0, 0.1) is 0 Å². The summed E-state index contributed by atoms with van der Waals surface area (Å²) >= 11 is 0. The van der Waals surface area contributed by atoms with Crippen LogP contribution in [0.15, 0.2) is 30.6 Å². The molecule has 0 saturated carbocycles. The Labute approximate surface area is 119 Å². The van der Waals surface area contributed by atoms with Gasteiger partial charge in [0.25, 0.3) is 0 Å². The van der Waals surface area contributed by atoms with Crippen molar-refractivity contribution < 1.29 is 0 Å². The maximum absolute atomic E-state index is 5.77. The number of anilines is 1. The zero-order valence-corrected chi connectivity index (χ0v) is 11.9. The third-order valence-corrected chi connectivity index (χ3v) is 4.05. The van der Waals surface area contributed by atoms with Crippen molar-refractivity contribution in [1.82, 2.24) is 19.7 Å². The van der Waals surface area contributed by atoms with Crippen molar-refractivity contribution >= 4 is 5.82 Å². The summed E-state index contributed by atoms with van der Waals surface area (Å²) in [6.07, 6.45) is 7.40. The Morgan fingerprint density at radius 2 is 2.20 bits per heavy atom. The highest BCUT2D eigenvalue weighted by Crippen LogP contribution is 2.31. The molecule has 2 N–H and O–H groups in total. The monoisotopic (exact) mass is 271 g/mol. The van der Waals surface area contributed by atoms with Crippen molar-refractivity contribution in [3.05, 3.63) is 41.9 Å². The van der Waals surface area contributed by atoms with Crippen molar-refractivity contribution in [3.63, 3.8) is 0 Å². The Kier molecular flexibility index (Phi) is 3.69. The van der Waals surface area contributed by atoms with Crippen molar-refractivity contribution in [2.24, 2.45) is 7.05 Å². The minimum Gasteiger partial charge on any atom is -0.384 e. The average molecular weight is 271 g/mol. The van der Waals surface area contributed by atoms with E-state index < -0.39 is 0 Å². The van der Waals surface area contributed by atoms with E-state index in [-0.39, 0.29) is 0 Å². The van der Waals surface area contributed by atoms with Crippen LogP contribution >= 0.6 is 0 Å². The van der Waals surface area contributed by atoms with E-state index in [1.807, 2.05) is 30.1 Å². The van der Waals surface area contributed by atoms with Gasteiger partial charge in [0, 0.05) is 26.0 Å². The summed E-state index contributed by atoms with van der Waals surface area (Å²) in [6, 6.07) is 6.59. The van der Waals surface area contributed by atoms with Gasteiger partial charge in [-0.2, -0.15) is 5.10 Å². The lowest BCUT2D eigenvalue weighted by Crippen LogP contribution is -2.34. The molecule has 1 atom stereocenters. The summed E-state index contributed by atoms with van der Waals surface area (Å²) in [4.78, 5) is 6.58. The number of nitrogens with two attached hydrogens (primary N) is 1. The lowest BCUT2D eigenvalue weighted by molar-refractivity contribution is 0.134. The summed E-state index contributed by atoms with van der Waals surface area (Å²) in [6.45, 7) is 2.04. The molecule has 0 radical (unpaired) electrons. The third kappa shape index (κ3) is 2.67. The van der Waals surface area contributed by atoms with Gasteiger partial charge in [-0.1, -0.05) is 6.42 Å². The molecule has 2 aromatic heterocycles. The van der Waals surface area contributed by atoms with Crippen LogP contribution in [0.4, 0.5) is 5.82 Å². The van der Waals surface area contributed by atoms with Crippen LogP contribution in [0.25, 0.3) is 0 Å². The first-order valence-electron chi connectivity index (χ1n) is 7.16. The van der Waals surface area contributed by atoms with Crippen molar-refractivity contribution in [2.45, 2.75) is 31.8 Å². The van der Waals surface area contributed by atoms with Crippen molar-refractivity contribution in [3.8, 4) is 0 Å². The summed E-state index contributed by atoms with van der Waals surface area (Å²) < 4.78 is 1.99. The third-order valence-electron chi connectivity index (χ3n) is 4.05. The normalized spacial score (nSPS) is 20.1. The summed E-state index contributed by atoms with van der Waals surface area (Å²) in [5.41, 5.74) is 8.30. The predicted molar refractivity (Wildman–Crippen MR) is 78.9 cm³/mol. The molecular weight excluding hydrogens is 250 g/mol. The summed E-state index contributed by atoms with van der Waals surface area (Å²) in [7, 11) is 2.02. The SMILES string of the molecule is Cn1nccc1C1CCCCN1Cc1ccnc(N)c1. The number of hydrogen-bond acceptors (Lipinski definition) is 4. The number of nitrogens with zero attached hydrogens (tertiary/aromatic N) is 4. The molecule has 0 aromatic carbocycles. The second kappa shape index (κ2) is 5.63. The maximum Gasteiger partial charge on any atom is 0.123 e. The average Bonchev–Trinajstić information content (AvgIpc) is 2.86. The fourth-order valence-corrected chi connectivity index (χ4v) is 3.05. The van der Waals surface area contributed by atoms with E-state index in [2.05, 4.69) is 21.0 Å². The highest BCUT2D eigenvalue weighted by Gasteiger charge is 2.25. The fraction of sp³-hybridized carbons (Fsp3) is 0.467. The molecule has 0 spiro atoms. The zero-order chi connectivity index (χ0) is 13.9. The maximum atomic E-state index is 5.77. The highest BCUT2D eigenvalue weighted by molar-refractivity contribution is 5.31. The van der Waals surface area contributed by atoms with E-state index in [0.717, 1.165) is 13.1 Å². The molecule has 0 bridgehead atoms. The van der Waals surface area contributed by atoms with Crippen LogP contribution < -0.4 is 5.73 Å². The Balaban J connectivity index is 1.81. The first-order chi connectivity index (χ1) is 9.74. The Morgan fingerprint density at radius 3 is 2.95 bits per heavy atom. The predicted octanol–water partition coefficient (Wildman–Crippen LogP) is 2.12. The molecule has 20 heavy (non-hydrogen) atoms. The number of nitrogen functional groups attached to an aromatic ring is 1. The zero-order valence-electron chi connectivity index (χ0n) is 11.9. The Morgan fingerprint density at radius 1 is 1.30 bits per heavy atom. The molecule has 1 unspecified atom stereocenters. The second-order valence-electron chi connectivity index (χ2n) is 5.45. The van der Waals surface area contributed by atoms with E-state index in [0.29, 0.717) is 11.9 Å². The number of piperidine rings is 1. The second-order valence-corrected chi connectivity index (χ2v) is 5.45. The van der Waals surface area contributed by atoms with Gasteiger partial charge in [0.05, 0.1) is 11.7 Å². The Hall–Kier alpha value is -1.88. The first kappa shape index (κ1) is 13.1. The molecule has 5 heteroatoms. The minimum atomic E-state index is 0.450. The van der Waals surface area contributed by atoms with Crippen LogP contribution in [0.1, 0.15) is 36.6 Å². The number of hydrogen-bond donors (Lipinski definition) is 1. The number of pyridine rings is 1. The molecule has 106 valence electrons. The van der Waals surface area contributed by atoms with Gasteiger partial charge in [-0.15, -0.1) is 0 Å². The van der Waals surface area contributed by atoms with Gasteiger partial charge >= 0.3 is 0 Å². The van der Waals surface area contributed by atoms with Crippen LogP contribution in [0.5, 0.6) is 0 Å². The lowest BCUT2D eigenvalue weighted by Gasteiger charge is -2.35. The molecule has 1 aliphatic rings. The molecule has 0 amide bonds. The van der Waals surface area contributed by atoms with Gasteiger partial charge in [0.1, 0.15) is 5.82 Å². The van der Waals surface area contributed by atoms with E-state index >= 15 is 0 Å². The molecule has 3 heterocycles. The smallest absolute Gasteiger partial charge is 0.123 e. The number of likely N-dealkylation sites (tertiary alicyclic amines) is 1. The van der Waals surface area contributed by atoms with Crippen molar-refractivity contribution in [1.29, 1.82) is 0 Å². The van der Waals surface area contributed by atoms with Crippen LogP contribution in [-0.2, 0) is 13.6 Å². The first-order valence-corrected chi connectivity index (χ1v) is 7.16. The van der Waals surface area contributed by atoms with E-state index in [1.165, 1.54) is 30.5 Å². The largest absolute Gasteiger partial charge is 0.384 e. The molecule has 0 aliphatic carbocycles. The number of aryl methyl sites for hydroxylation is 1. The molecule has 5 nitrogen and oxygen atoms in total. The highest BCUT2D eigenvalue weighted by atomic mass is 15.3. The molecular formula is C15H21N5. The van der Waals surface area contributed by atoms with Gasteiger partial charge in [-0.05, 0) is 43.1 Å². The van der Waals surface area contributed by atoms with Crippen molar-refractivity contribution in [2.75, 3.05) is 12.3 Å². The van der Waals surface area contributed by atoms with Gasteiger partial charge in [0.2, 0.25) is 0 Å². The molecule has 1 saturated heterocycles. The molecule has 1 aliphatic heterocycles. The molecule has 1 fully saturated rings. The number of rotatable bonds is 3.